The van der Waals surface area contributed by atoms with Gasteiger partial charge in [0.05, 0.1) is 6.04 Å². The van der Waals surface area contributed by atoms with E-state index in [9.17, 15) is 0 Å². The van der Waals surface area contributed by atoms with Crippen molar-refractivity contribution < 1.29 is 9.26 Å². The summed E-state index contributed by atoms with van der Waals surface area (Å²) in [7, 11) is 0. The summed E-state index contributed by atoms with van der Waals surface area (Å²) in [4.78, 5) is 4.53. The van der Waals surface area contributed by atoms with Crippen molar-refractivity contribution in [2.24, 2.45) is 0 Å². The highest BCUT2D eigenvalue weighted by molar-refractivity contribution is 5.30. The lowest BCUT2D eigenvalue weighted by Gasteiger charge is -2.23. The molecule has 0 radical (unpaired) electrons. The fourth-order valence-electron chi connectivity index (χ4n) is 2.68. The summed E-state index contributed by atoms with van der Waals surface area (Å²) in [5.41, 5.74) is 2.15. The molecule has 0 saturated heterocycles. The molecular formula is C16H21N3O2. The smallest absolute Gasteiger partial charge is 0.244 e. The van der Waals surface area contributed by atoms with Crippen LogP contribution in [0.1, 0.15) is 49.7 Å². The molecule has 1 aromatic carbocycles. The van der Waals surface area contributed by atoms with Crippen LogP contribution in [0.25, 0.3) is 0 Å². The third kappa shape index (κ3) is 2.84. The summed E-state index contributed by atoms with van der Waals surface area (Å²) in [6.45, 7) is 7.31. The minimum Gasteiger partial charge on any atom is -0.368 e. The first-order valence-corrected chi connectivity index (χ1v) is 7.38. The zero-order chi connectivity index (χ0) is 14.9. The molecule has 2 aromatic rings. The summed E-state index contributed by atoms with van der Waals surface area (Å²) < 4.78 is 11.1. The van der Waals surface area contributed by atoms with Crippen LogP contribution in [0.15, 0.2) is 28.8 Å². The number of ether oxygens (including phenoxy) is 1. The molecule has 2 heterocycles. The number of rotatable bonds is 4. The van der Waals surface area contributed by atoms with Crippen molar-refractivity contribution >= 4 is 0 Å². The van der Waals surface area contributed by atoms with E-state index in [1.165, 1.54) is 11.1 Å². The summed E-state index contributed by atoms with van der Waals surface area (Å²) in [5.74, 6) is 1.23. The minimum atomic E-state index is -0.525. The second-order valence-corrected chi connectivity index (χ2v) is 5.81. The number of aromatic nitrogens is 2. The maximum atomic E-state index is 5.67. The highest BCUT2D eigenvalue weighted by Gasteiger charge is 2.30. The number of hydrogen-bond acceptors (Lipinski definition) is 5. The maximum absolute atomic E-state index is 5.67. The van der Waals surface area contributed by atoms with E-state index in [0.717, 1.165) is 13.0 Å². The Morgan fingerprint density at radius 1 is 1.33 bits per heavy atom. The zero-order valence-electron chi connectivity index (χ0n) is 12.7. The lowest BCUT2D eigenvalue weighted by atomic mass is 9.96. The lowest BCUT2D eigenvalue weighted by molar-refractivity contribution is -0.0221. The van der Waals surface area contributed by atoms with Crippen molar-refractivity contribution in [3.05, 3.63) is 47.1 Å². The van der Waals surface area contributed by atoms with Gasteiger partial charge in [0, 0.05) is 13.2 Å². The first-order chi connectivity index (χ1) is 10.1. The molecule has 1 atom stereocenters. The van der Waals surface area contributed by atoms with Gasteiger partial charge < -0.3 is 14.6 Å². The van der Waals surface area contributed by atoms with Crippen molar-refractivity contribution in [3.63, 3.8) is 0 Å². The largest absolute Gasteiger partial charge is 0.368 e. The van der Waals surface area contributed by atoms with Crippen LogP contribution in [0, 0.1) is 0 Å². The molecular weight excluding hydrogens is 266 g/mol. The normalized spacial score (nSPS) is 18.5. The van der Waals surface area contributed by atoms with Crippen LogP contribution < -0.4 is 5.32 Å². The van der Waals surface area contributed by atoms with E-state index in [4.69, 9.17) is 9.26 Å². The van der Waals surface area contributed by atoms with Crippen LogP contribution in [-0.2, 0) is 23.3 Å². The van der Waals surface area contributed by atoms with Crippen LogP contribution in [0.3, 0.4) is 0 Å². The van der Waals surface area contributed by atoms with Gasteiger partial charge in [0.15, 0.2) is 0 Å². The van der Waals surface area contributed by atoms with E-state index in [1.54, 1.807) is 0 Å². The van der Waals surface area contributed by atoms with Crippen molar-refractivity contribution in [1.29, 1.82) is 0 Å². The molecule has 112 valence electrons. The Balaban J connectivity index is 1.79. The second kappa shape index (κ2) is 5.58. The summed E-state index contributed by atoms with van der Waals surface area (Å²) >= 11 is 0. The van der Waals surface area contributed by atoms with Gasteiger partial charge in [0.25, 0.3) is 0 Å². The molecule has 0 aliphatic carbocycles. The Morgan fingerprint density at radius 3 is 2.86 bits per heavy atom. The van der Waals surface area contributed by atoms with Gasteiger partial charge in [-0.05, 0) is 38.3 Å². The Labute approximate surface area is 124 Å². The van der Waals surface area contributed by atoms with E-state index >= 15 is 0 Å². The number of hydrogen-bond donors (Lipinski definition) is 1. The number of benzene rings is 1. The summed E-state index contributed by atoms with van der Waals surface area (Å²) in [6, 6.07) is 8.51. The van der Waals surface area contributed by atoms with Crippen LogP contribution in [0.2, 0.25) is 0 Å². The third-order valence-corrected chi connectivity index (χ3v) is 3.86. The van der Waals surface area contributed by atoms with Crippen molar-refractivity contribution in [1.82, 2.24) is 15.5 Å². The highest BCUT2D eigenvalue weighted by Crippen LogP contribution is 2.27. The summed E-state index contributed by atoms with van der Waals surface area (Å²) in [5, 5.41) is 7.54. The standard InChI is InChI=1S/C16H21N3O2/c1-4-20-16(2,3)15-18-14(21-19-15)13-9-11-7-5-6-8-12(11)10-17-13/h5-8,13,17H,4,9-10H2,1-3H3. The van der Waals surface area contributed by atoms with Gasteiger partial charge in [-0.1, -0.05) is 29.4 Å². The Hall–Kier alpha value is -1.72. The quantitative estimate of drug-likeness (QED) is 0.937. The molecule has 1 aliphatic rings. The van der Waals surface area contributed by atoms with Crippen molar-refractivity contribution in [3.8, 4) is 0 Å². The molecule has 0 spiro atoms. The molecule has 1 aliphatic heterocycles. The topological polar surface area (TPSA) is 60.2 Å². The van der Waals surface area contributed by atoms with Crippen LogP contribution in [-0.4, -0.2) is 16.7 Å². The summed E-state index contributed by atoms with van der Waals surface area (Å²) in [6.07, 6.45) is 0.868. The van der Waals surface area contributed by atoms with E-state index in [2.05, 4.69) is 39.7 Å². The molecule has 1 N–H and O–H groups in total. The molecule has 21 heavy (non-hydrogen) atoms. The molecule has 1 aromatic heterocycles. The fourth-order valence-corrected chi connectivity index (χ4v) is 2.68. The molecule has 1 unspecified atom stereocenters. The van der Waals surface area contributed by atoms with Gasteiger partial charge in [-0.2, -0.15) is 4.98 Å². The van der Waals surface area contributed by atoms with E-state index in [-0.39, 0.29) is 6.04 Å². The first-order valence-electron chi connectivity index (χ1n) is 7.38. The minimum absolute atomic E-state index is 0.0681. The Bertz CT molecular complexity index is 621. The second-order valence-electron chi connectivity index (χ2n) is 5.81. The lowest BCUT2D eigenvalue weighted by Crippen LogP contribution is -2.29. The SMILES string of the molecule is CCOC(C)(C)c1noc(C2Cc3ccccc3CN2)n1. The average Bonchev–Trinajstić information content (AvgIpc) is 2.97. The van der Waals surface area contributed by atoms with E-state index < -0.39 is 5.60 Å². The van der Waals surface area contributed by atoms with Crippen molar-refractivity contribution in [2.45, 2.75) is 45.4 Å². The predicted molar refractivity (Wildman–Crippen MR) is 78.7 cm³/mol. The first kappa shape index (κ1) is 14.2. The van der Waals surface area contributed by atoms with Gasteiger partial charge >= 0.3 is 0 Å². The molecule has 3 rings (SSSR count). The van der Waals surface area contributed by atoms with E-state index in [0.29, 0.717) is 18.3 Å². The molecule has 5 heteroatoms. The fraction of sp³-hybridized carbons (Fsp3) is 0.500. The number of fused-ring (bicyclic) bond motifs is 1. The van der Waals surface area contributed by atoms with Gasteiger partial charge in [-0.25, -0.2) is 0 Å². The van der Waals surface area contributed by atoms with Gasteiger partial charge in [-0.3, -0.25) is 0 Å². The highest BCUT2D eigenvalue weighted by atomic mass is 16.5. The van der Waals surface area contributed by atoms with Crippen LogP contribution in [0.4, 0.5) is 0 Å². The average molecular weight is 287 g/mol. The van der Waals surface area contributed by atoms with E-state index in [1.807, 2.05) is 20.8 Å². The molecule has 0 fully saturated rings. The zero-order valence-corrected chi connectivity index (χ0v) is 12.7. The number of nitrogens with one attached hydrogen (secondary N) is 1. The third-order valence-electron chi connectivity index (χ3n) is 3.86. The van der Waals surface area contributed by atoms with Crippen LogP contribution in [0.5, 0.6) is 0 Å². The monoisotopic (exact) mass is 287 g/mol. The Morgan fingerprint density at radius 2 is 2.10 bits per heavy atom. The Kier molecular flexibility index (Phi) is 3.78. The van der Waals surface area contributed by atoms with Gasteiger partial charge in [0.2, 0.25) is 11.7 Å². The maximum Gasteiger partial charge on any atom is 0.244 e. The van der Waals surface area contributed by atoms with Gasteiger partial charge in [-0.15, -0.1) is 0 Å². The van der Waals surface area contributed by atoms with Gasteiger partial charge in [0.1, 0.15) is 5.60 Å². The predicted octanol–water partition coefficient (Wildman–Crippen LogP) is 2.73. The van der Waals surface area contributed by atoms with Crippen molar-refractivity contribution in [2.75, 3.05) is 6.61 Å². The molecule has 0 amide bonds. The molecule has 0 saturated carbocycles. The molecule has 5 nitrogen and oxygen atoms in total. The molecule has 0 bridgehead atoms. The number of nitrogens with zero attached hydrogens (tertiary/aromatic N) is 2. The van der Waals surface area contributed by atoms with Crippen LogP contribution >= 0.6 is 0 Å².